The van der Waals surface area contributed by atoms with E-state index >= 15 is 0 Å². The van der Waals surface area contributed by atoms with Gasteiger partial charge in [-0.3, -0.25) is 0 Å². The molecule has 62 valence electrons. The normalized spacial score (nSPS) is 13.4. The van der Waals surface area contributed by atoms with Gasteiger partial charge in [0.1, 0.15) is 5.01 Å². The molecule has 1 heterocycles. The summed E-state index contributed by atoms with van der Waals surface area (Å²) in [5.41, 5.74) is 6.57. The van der Waals surface area contributed by atoms with Crippen molar-refractivity contribution in [1.29, 1.82) is 0 Å². The Morgan fingerprint density at radius 2 is 2.55 bits per heavy atom. The Hall–Kier alpha value is -0.450. The molecule has 0 aliphatic carbocycles. The summed E-state index contributed by atoms with van der Waals surface area (Å²) in [5.74, 6) is 0. The molecule has 1 aromatic heterocycles. The molecule has 0 aromatic carbocycles. The Kier molecular flexibility index (Phi) is 2.99. The number of aromatic nitrogens is 1. The first kappa shape index (κ1) is 8.64. The second-order valence-corrected chi connectivity index (χ2v) is 3.33. The number of ether oxygens (including phenoxy) is 1. The van der Waals surface area contributed by atoms with Gasteiger partial charge < -0.3 is 10.5 Å². The van der Waals surface area contributed by atoms with E-state index in [1.54, 1.807) is 18.4 Å². The fourth-order valence-electron chi connectivity index (χ4n) is 0.724. The van der Waals surface area contributed by atoms with E-state index in [4.69, 9.17) is 10.5 Å². The maximum absolute atomic E-state index is 5.63. The second-order valence-electron chi connectivity index (χ2n) is 2.39. The third-order valence-electron chi connectivity index (χ3n) is 1.30. The average Bonchev–Trinajstić information content (AvgIpc) is 2.37. The van der Waals surface area contributed by atoms with Crippen LogP contribution in [-0.4, -0.2) is 12.1 Å². The van der Waals surface area contributed by atoms with Gasteiger partial charge in [-0.15, -0.1) is 11.3 Å². The van der Waals surface area contributed by atoms with E-state index in [0.717, 1.165) is 10.7 Å². The lowest BCUT2D eigenvalue weighted by atomic mass is 10.3. The molecule has 0 radical (unpaired) electrons. The third kappa shape index (κ3) is 2.25. The Labute approximate surface area is 70.2 Å². The van der Waals surface area contributed by atoms with Crippen LogP contribution in [0.15, 0.2) is 5.38 Å². The fourth-order valence-corrected chi connectivity index (χ4v) is 1.59. The number of nitrogens with zero attached hydrogens (tertiary/aromatic N) is 1. The van der Waals surface area contributed by atoms with Gasteiger partial charge in [0.25, 0.3) is 0 Å². The van der Waals surface area contributed by atoms with Crippen LogP contribution in [0.2, 0.25) is 0 Å². The zero-order chi connectivity index (χ0) is 8.27. The molecule has 0 spiro atoms. The lowest BCUT2D eigenvalue weighted by Gasteiger charge is -1.97. The molecular formula is C7H12N2OS. The van der Waals surface area contributed by atoms with Gasteiger partial charge in [0.15, 0.2) is 0 Å². The highest BCUT2D eigenvalue weighted by Crippen LogP contribution is 2.14. The number of rotatable bonds is 3. The molecule has 0 fully saturated rings. The van der Waals surface area contributed by atoms with Crippen molar-refractivity contribution in [3.63, 3.8) is 0 Å². The first-order valence-electron chi connectivity index (χ1n) is 3.43. The number of hydrogen-bond donors (Lipinski definition) is 1. The lowest BCUT2D eigenvalue weighted by Crippen LogP contribution is -2.05. The average molecular weight is 172 g/mol. The van der Waals surface area contributed by atoms with Crippen LogP contribution in [0.5, 0.6) is 0 Å². The van der Waals surface area contributed by atoms with E-state index in [-0.39, 0.29) is 6.04 Å². The Balaban J connectivity index is 2.66. The van der Waals surface area contributed by atoms with Gasteiger partial charge >= 0.3 is 0 Å². The largest absolute Gasteiger partial charge is 0.378 e. The van der Waals surface area contributed by atoms with Gasteiger partial charge in [0, 0.05) is 18.5 Å². The van der Waals surface area contributed by atoms with Gasteiger partial charge in [-0.2, -0.15) is 0 Å². The van der Waals surface area contributed by atoms with Crippen molar-refractivity contribution >= 4 is 11.3 Å². The first-order chi connectivity index (χ1) is 5.24. The zero-order valence-corrected chi connectivity index (χ0v) is 7.52. The summed E-state index contributed by atoms with van der Waals surface area (Å²) >= 11 is 1.59. The number of thiazole rings is 1. The summed E-state index contributed by atoms with van der Waals surface area (Å²) in [7, 11) is 1.66. The minimum absolute atomic E-state index is 0.0249. The minimum Gasteiger partial charge on any atom is -0.378 e. The molecule has 0 aliphatic rings. The van der Waals surface area contributed by atoms with Crippen LogP contribution in [0.4, 0.5) is 0 Å². The second kappa shape index (κ2) is 3.80. The number of nitrogens with two attached hydrogens (primary N) is 1. The van der Waals surface area contributed by atoms with E-state index in [1.165, 1.54) is 0 Å². The highest BCUT2D eigenvalue weighted by atomic mass is 32.1. The van der Waals surface area contributed by atoms with Crippen molar-refractivity contribution in [2.75, 3.05) is 7.11 Å². The van der Waals surface area contributed by atoms with Crippen LogP contribution in [-0.2, 0) is 11.3 Å². The predicted octanol–water partition coefficient (Wildman–Crippen LogP) is 1.31. The summed E-state index contributed by atoms with van der Waals surface area (Å²) < 4.78 is 4.93. The van der Waals surface area contributed by atoms with Gasteiger partial charge in [0.2, 0.25) is 0 Å². The Bertz CT molecular complexity index is 222. The molecule has 0 amide bonds. The van der Waals surface area contributed by atoms with Crippen LogP contribution >= 0.6 is 11.3 Å². The standard InChI is InChI=1S/C7H12N2OS/c1-5(8)6-4-11-7(9-6)3-10-2/h4-5H,3,8H2,1-2H3/t5-/m0/s1. The summed E-state index contributed by atoms with van der Waals surface area (Å²) in [5, 5.41) is 2.96. The van der Waals surface area contributed by atoms with Crippen molar-refractivity contribution < 1.29 is 4.74 Å². The summed E-state index contributed by atoms with van der Waals surface area (Å²) in [6.07, 6.45) is 0. The van der Waals surface area contributed by atoms with E-state index in [0.29, 0.717) is 6.61 Å². The molecule has 4 heteroatoms. The monoisotopic (exact) mass is 172 g/mol. The van der Waals surface area contributed by atoms with Crippen LogP contribution in [0.3, 0.4) is 0 Å². The molecule has 0 unspecified atom stereocenters. The smallest absolute Gasteiger partial charge is 0.119 e. The topological polar surface area (TPSA) is 48.1 Å². The third-order valence-corrected chi connectivity index (χ3v) is 2.14. The zero-order valence-electron chi connectivity index (χ0n) is 6.70. The maximum Gasteiger partial charge on any atom is 0.119 e. The van der Waals surface area contributed by atoms with Crippen LogP contribution in [0.25, 0.3) is 0 Å². The molecule has 2 N–H and O–H groups in total. The van der Waals surface area contributed by atoms with E-state index in [9.17, 15) is 0 Å². The Morgan fingerprint density at radius 1 is 1.82 bits per heavy atom. The highest BCUT2D eigenvalue weighted by Gasteiger charge is 2.04. The van der Waals surface area contributed by atoms with Gasteiger partial charge in [-0.05, 0) is 6.92 Å². The molecule has 0 bridgehead atoms. The fraction of sp³-hybridized carbons (Fsp3) is 0.571. The number of hydrogen-bond acceptors (Lipinski definition) is 4. The molecule has 1 atom stereocenters. The molecule has 0 saturated carbocycles. The summed E-state index contributed by atoms with van der Waals surface area (Å²) in [6, 6.07) is 0.0249. The van der Waals surface area contributed by atoms with Crippen molar-refractivity contribution in [2.45, 2.75) is 19.6 Å². The van der Waals surface area contributed by atoms with Crippen LogP contribution in [0, 0.1) is 0 Å². The molecular weight excluding hydrogens is 160 g/mol. The molecule has 11 heavy (non-hydrogen) atoms. The highest BCUT2D eigenvalue weighted by molar-refractivity contribution is 7.09. The molecule has 0 aliphatic heterocycles. The van der Waals surface area contributed by atoms with Crippen molar-refractivity contribution in [1.82, 2.24) is 4.98 Å². The van der Waals surface area contributed by atoms with Crippen molar-refractivity contribution in [2.24, 2.45) is 5.73 Å². The minimum atomic E-state index is 0.0249. The Morgan fingerprint density at radius 3 is 3.00 bits per heavy atom. The summed E-state index contributed by atoms with van der Waals surface area (Å²) in [6.45, 7) is 2.50. The van der Waals surface area contributed by atoms with Crippen LogP contribution < -0.4 is 5.73 Å². The molecule has 1 rings (SSSR count). The van der Waals surface area contributed by atoms with Gasteiger partial charge in [-0.1, -0.05) is 0 Å². The quantitative estimate of drug-likeness (QED) is 0.747. The molecule has 1 aromatic rings. The molecule has 0 saturated heterocycles. The van der Waals surface area contributed by atoms with Gasteiger partial charge in [-0.25, -0.2) is 4.98 Å². The lowest BCUT2D eigenvalue weighted by molar-refractivity contribution is 0.184. The van der Waals surface area contributed by atoms with E-state index in [2.05, 4.69) is 4.98 Å². The van der Waals surface area contributed by atoms with E-state index < -0.39 is 0 Å². The first-order valence-corrected chi connectivity index (χ1v) is 4.31. The summed E-state index contributed by atoms with van der Waals surface area (Å²) in [4.78, 5) is 4.27. The van der Waals surface area contributed by atoms with Crippen molar-refractivity contribution in [3.05, 3.63) is 16.1 Å². The maximum atomic E-state index is 5.63. The predicted molar refractivity (Wildman–Crippen MR) is 45.4 cm³/mol. The van der Waals surface area contributed by atoms with E-state index in [1.807, 2.05) is 12.3 Å². The van der Waals surface area contributed by atoms with Gasteiger partial charge in [0.05, 0.1) is 12.3 Å². The number of methoxy groups -OCH3 is 1. The SMILES string of the molecule is COCc1nc([C@H](C)N)cs1. The van der Waals surface area contributed by atoms with Crippen molar-refractivity contribution in [3.8, 4) is 0 Å². The van der Waals surface area contributed by atoms with Crippen LogP contribution in [0.1, 0.15) is 23.7 Å². The molecule has 3 nitrogen and oxygen atoms in total.